The van der Waals surface area contributed by atoms with Gasteiger partial charge in [0, 0.05) is 24.9 Å². The highest BCUT2D eigenvalue weighted by atomic mass is 16.3. The molecule has 0 radical (unpaired) electrons. The zero-order chi connectivity index (χ0) is 12.1. The van der Waals surface area contributed by atoms with E-state index in [1.165, 1.54) is 11.1 Å². The average Bonchev–Trinajstić information content (AvgIpc) is 2.85. The van der Waals surface area contributed by atoms with Crippen molar-refractivity contribution in [3.05, 3.63) is 42.2 Å². The molecule has 3 heteroatoms. The van der Waals surface area contributed by atoms with Gasteiger partial charge in [0.1, 0.15) is 0 Å². The van der Waals surface area contributed by atoms with Crippen LogP contribution in [-0.2, 0) is 13.0 Å². The molecule has 0 atom stereocenters. The third kappa shape index (κ3) is 2.94. The van der Waals surface area contributed by atoms with Gasteiger partial charge in [-0.3, -0.25) is 4.68 Å². The van der Waals surface area contributed by atoms with E-state index < -0.39 is 0 Å². The molecule has 1 heterocycles. The lowest BCUT2D eigenvalue weighted by Gasteiger charge is -2.01. The Morgan fingerprint density at radius 3 is 2.94 bits per heavy atom. The lowest BCUT2D eigenvalue weighted by Crippen LogP contribution is -1.99. The topological polar surface area (TPSA) is 38.0 Å². The number of aliphatic hydroxyl groups is 1. The summed E-state index contributed by atoms with van der Waals surface area (Å²) in [7, 11) is 0. The van der Waals surface area contributed by atoms with Gasteiger partial charge in [0.15, 0.2) is 0 Å². The van der Waals surface area contributed by atoms with Crippen molar-refractivity contribution in [2.45, 2.75) is 26.3 Å². The Balaban J connectivity index is 2.18. The first-order chi connectivity index (χ1) is 8.33. The molecule has 2 aromatic rings. The zero-order valence-corrected chi connectivity index (χ0v) is 10.1. The molecule has 1 N–H and O–H groups in total. The maximum absolute atomic E-state index is 8.78. The molecule has 0 amide bonds. The molecule has 0 spiro atoms. The molecule has 0 aliphatic rings. The van der Waals surface area contributed by atoms with Crippen molar-refractivity contribution >= 4 is 0 Å². The van der Waals surface area contributed by atoms with Crippen LogP contribution in [0.4, 0.5) is 0 Å². The fraction of sp³-hybridized carbons (Fsp3) is 0.357. The number of hydrogen-bond acceptors (Lipinski definition) is 2. The van der Waals surface area contributed by atoms with Crippen molar-refractivity contribution in [3.8, 4) is 11.1 Å². The molecule has 2 rings (SSSR count). The number of rotatable bonds is 5. The molecular formula is C14H18N2O. The largest absolute Gasteiger partial charge is 0.396 e. The maximum atomic E-state index is 8.78. The van der Waals surface area contributed by atoms with Crippen LogP contribution in [-0.4, -0.2) is 21.5 Å². The monoisotopic (exact) mass is 230 g/mol. The first-order valence-corrected chi connectivity index (χ1v) is 6.06. The first-order valence-electron chi connectivity index (χ1n) is 6.06. The third-order valence-corrected chi connectivity index (χ3v) is 2.85. The second kappa shape index (κ2) is 5.64. The van der Waals surface area contributed by atoms with E-state index in [1.807, 2.05) is 17.1 Å². The highest BCUT2D eigenvalue weighted by Gasteiger charge is 2.02. The minimum Gasteiger partial charge on any atom is -0.396 e. The summed E-state index contributed by atoms with van der Waals surface area (Å²) in [5, 5.41) is 13.1. The normalized spacial score (nSPS) is 10.7. The summed E-state index contributed by atoms with van der Waals surface area (Å²) >= 11 is 0. The fourth-order valence-corrected chi connectivity index (χ4v) is 1.84. The van der Waals surface area contributed by atoms with E-state index in [9.17, 15) is 0 Å². The second-order valence-corrected chi connectivity index (χ2v) is 4.12. The molecular weight excluding hydrogens is 212 g/mol. The van der Waals surface area contributed by atoms with Gasteiger partial charge in [-0.2, -0.15) is 5.10 Å². The minimum atomic E-state index is 0.209. The summed E-state index contributed by atoms with van der Waals surface area (Å²) in [5.74, 6) is 0. The fourth-order valence-electron chi connectivity index (χ4n) is 1.84. The highest BCUT2D eigenvalue weighted by Crippen LogP contribution is 2.20. The molecule has 0 saturated heterocycles. The molecule has 0 fully saturated rings. The molecule has 0 saturated carbocycles. The van der Waals surface area contributed by atoms with Crippen molar-refractivity contribution in [1.82, 2.24) is 9.78 Å². The standard InChI is InChI=1S/C14H18N2O/c1-2-12-5-3-6-13(9-12)14-10-15-16(11-14)7-4-8-17/h3,5-6,9-11,17H,2,4,7-8H2,1H3. The summed E-state index contributed by atoms with van der Waals surface area (Å²) in [6.07, 6.45) is 5.71. The maximum Gasteiger partial charge on any atom is 0.0568 e. The average molecular weight is 230 g/mol. The van der Waals surface area contributed by atoms with Gasteiger partial charge in [-0.05, 0) is 24.0 Å². The number of nitrogens with zero attached hydrogens (tertiary/aromatic N) is 2. The predicted molar refractivity (Wildman–Crippen MR) is 68.7 cm³/mol. The van der Waals surface area contributed by atoms with Crippen LogP contribution in [0.2, 0.25) is 0 Å². The molecule has 90 valence electrons. The van der Waals surface area contributed by atoms with E-state index in [0.717, 1.165) is 24.9 Å². The summed E-state index contributed by atoms with van der Waals surface area (Å²) < 4.78 is 1.88. The number of benzene rings is 1. The lowest BCUT2D eigenvalue weighted by molar-refractivity contribution is 0.277. The van der Waals surface area contributed by atoms with Gasteiger partial charge >= 0.3 is 0 Å². The Morgan fingerprint density at radius 2 is 2.18 bits per heavy atom. The summed E-state index contributed by atoms with van der Waals surface area (Å²) in [6.45, 7) is 3.13. The van der Waals surface area contributed by atoms with E-state index in [4.69, 9.17) is 5.11 Å². The van der Waals surface area contributed by atoms with Gasteiger partial charge in [-0.25, -0.2) is 0 Å². The summed E-state index contributed by atoms with van der Waals surface area (Å²) in [6, 6.07) is 8.53. The molecule has 0 aliphatic heterocycles. The Labute approximate surface area is 102 Å². The van der Waals surface area contributed by atoms with Crippen LogP contribution in [0.3, 0.4) is 0 Å². The molecule has 0 unspecified atom stereocenters. The van der Waals surface area contributed by atoms with E-state index in [-0.39, 0.29) is 6.61 Å². The summed E-state index contributed by atoms with van der Waals surface area (Å²) in [5.41, 5.74) is 3.68. The smallest absolute Gasteiger partial charge is 0.0568 e. The molecule has 17 heavy (non-hydrogen) atoms. The van der Waals surface area contributed by atoms with Gasteiger partial charge < -0.3 is 5.11 Å². The second-order valence-electron chi connectivity index (χ2n) is 4.12. The Morgan fingerprint density at radius 1 is 1.29 bits per heavy atom. The van der Waals surface area contributed by atoms with Crippen LogP contribution in [0.25, 0.3) is 11.1 Å². The van der Waals surface area contributed by atoms with Crippen LogP contribution in [0.15, 0.2) is 36.7 Å². The predicted octanol–water partition coefficient (Wildman–Crippen LogP) is 2.49. The molecule has 0 aliphatic carbocycles. The Hall–Kier alpha value is -1.61. The van der Waals surface area contributed by atoms with Crippen LogP contribution >= 0.6 is 0 Å². The quantitative estimate of drug-likeness (QED) is 0.857. The van der Waals surface area contributed by atoms with Gasteiger partial charge in [0.2, 0.25) is 0 Å². The van der Waals surface area contributed by atoms with Crippen LogP contribution in [0.5, 0.6) is 0 Å². The zero-order valence-electron chi connectivity index (χ0n) is 10.1. The number of hydrogen-bond donors (Lipinski definition) is 1. The van der Waals surface area contributed by atoms with Crippen molar-refractivity contribution in [2.75, 3.05) is 6.61 Å². The van der Waals surface area contributed by atoms with Gasteiger partial charge in [0.25, 0.3) is 0 Å². The molecule has 1 aromatic heterocycles. The van der Waals surface area contributed by atoms with Crippen LogP contribution in [0.1, 0.15) is 18.9 Å². The van der Waals surface area contributed by atoms with Crippen LogP contribution in [0, 0.1) is 0 Å². The van der Waals surface area contributed by atoms with Gasteiger partial charge in [-0.1, -0.05) is 31.2 Å². The van der Waals surface area contributed by atoms with Crippen molar-refractivity contribution < 1.29 is 5.11 Å². The lowest BCUT2D eigenvalue weighted by atomic mass is 10.1. The minimum absolute atomic E-state index is 0.209. The Bertz CT molecular complexity index is 477. The van der Waals surface area contributed by atoms with E-state index in [0.29, 0.717) is 0 Å². The van der Waals surface area contributed by atoms with Crippen molar-refractivity contribution in [2.24, 2.45) is 0 Å². The van der Waals surface area contributed by atoms with E-state index in [2.05, 4.69) is 36.3 Å². The Kier molecular flexibility index (Phi) is 3.94. The molecule has 3 nitrogen and oxygen atoms in total. The third-order valence-electron chi connectivity index (χ3n) is 2.85. The number of aromatic nitrogens is 2. The SMILES string of the molecule is CCc1cccc(-c2cnn(CCCO)c2)c1. The van der Waals surface area contributed by atoms with Crippen molar-refractivity contribution in [1.29, 1.82) is 0 Å². The number of aryl methyl sites for hydroxylation is 2. The van der Waals surface area contributed by atoms with E-state index >= 15 is 0 Å². The number of aliphatic hydroxyl groups excluding tert-OH is 1. The van der Waals surface area contributed by atoms with E-state index in [1.54, 1.807) is 0 Å². The highest BCUT2D eigenvalue weighted by molar-refractivity contribution is 5.62. The van der Waals surface area contributed by atoms with Gasteiger partial charge in [-0.15, -0.1) is 0 Å². The van der Waals surface area contributed by atoms with Gasteiger partial charge in [0.05, 0.1) is 6.20 Å². The summed E-state index contributed by atoms with van der Waals surface area (Å²) in [4.78, 5) is 0. The molecule has 1 aromatic carbocycles. The van der Waals surface area contributed by atoms with Crippen molar-refractivity contribution in [3.63, 3.8) is 0 Å². The first kappa shape index (κ1) is 11.9. The van der Waals surface area contributed by atoms with Crippen LogP contribution < -0.4 is 0 Å². The molecule has 0 bridgehead atoms.